The SMILES string of the molecule is Cc1ccc(-n2c3ccccc3c3cc(-c4ccc5c(c4)c4ccccc4n5-c4cc(-c5ccccc5)cc(-c5ccccc5)n4)ccc32)cc1. The van der Waals surface area contributed by atoms with E-state index in [1.165, 1.54) is 60.5 Å². The number of aromatic nitrogens is 3. The molecule has 10 aromatic rings. The van der Waals surface area contributed by atoms with Gasteiger partial charge in [0.1, 0.15) is 5.82 Å². The molecule has 240 valence electrons. The number of rotatable bonds is 5. The molecule has 0 fully saturated rings. The Balaban J connectivity index is 1.16. The van der Waals surface area contributed by atoms with Crippen molar-refractivity contribution in [3.05, 3.63) is 188 Å². The van der Waals surface area contributed by atoms with Gasteiger partial charge in [0.05, 0.1) is 27.8 Å². The fourth-order valence-electron chi connectivity index (χ4n) is 7.71. The van der Waals surface area contributed by atoms with Crippen LogP contribution in [0.3, 0.4) is 0 Å². The molecule has 0 saturated carbocycles. The normalized spacial score (nSPS) is 11.6. The molecule has 3 heteroatoms. The van der Waals surface area contributed by atoms with E-state index in [-0.39, 0.29) is 0 Å². The zero-order valence-electron chi connectivity index (χ0n) is 28.2. The Morgan fingerprint density at radius 2 is 0.863 bits per heavy atom. The third-order valence-electron chi connectivity index (χ3n) is 10.2. The summed E-state index contributed by atoms with van der Waals surface area (Å²) < 4.78 is 4.71. The van der Waals surface area contributed by atoms with Crippen molar-refractivity contribution in [2.24, 2.45) is 0 Å². The minimum Gasteiger partial charge on any atom is -0.309 e. The van der Waals surface area contributed by atoms with Crippen LogP contribution in [0.15, 0.2) is 182 Å². The second kappa shape index (κ2) is 11.7. The molecule has 0 aliphatic carbocycles. The lowest BCUT2D eigenvalue weighted by Gasteiger charge is -2.13. The van der Waals surface area contributed by atoms with Gasteiger partial charge in [0.25, 0.3) is 0 Å². The number of nitrogens with zero attached hydrogens (tertiary/aromatic N) is 3. The predicted molar refractivity (Wildman–Crippen MR) is 214 cm³/mol. The predicted octanol–water partition coefficient (Wildman–Crippen LogP) is 12.6. The van der Waals surface area contributed by atoms with Crippen molar-refractivity contribution in [2.45, 2.75) is 6.92 Å². The van der Waals surface area contributed by atoms with Gasteiger partial charge in [-0.15, -0.1) is 0 Å². The zero-order valence-corrected chi connectivity index (χ0v) is 28.2. The number of hydrogen-bond acceptors (Lipinski definition) is 1. The van der Waals surface area contributed by atoms with Gasteiger partial charge in [0.2, 0.25) is 0 Å². The molecular weight excluding hydrogens is 619 g/mol. The van der Waals surface area contributed by atoms with Crippen LogP contribution in [-0.4, -0.2) is 14.1 Å². The number of aryl methyl sites for hydroxylation is 1. The molecular formula is C48H33N3. The quantitative estimate of drug-likeness (QED) is 0.182. The van der Waals surface area contributed by atoms with Crippen molar-refractivity contribution in [1.82, 2.24) is 14.1 Å². The molecule has 51 heavy (non-hydrogen) atoms. The van der Waals surface area contributed by atoms with Crippen molar-refractivity contribution in [3.63, 3.8) is 0 Å². The van der Waals surface area contributed by atoms with Crippen LogP contribution in [0.1, 0.15) is 5.56 Å². The molecule has 0 unspecified atom stereocenters. The van der Waals surface area contributed by atoms with Crippen LogP contribution in [0.5, 0.6) is 0 Å². The second-order valence-corrected chi connectivity index (χ2v) is 13.3. The van der Waals surface area contributed by atoms with Gasteiger partial charge < -0.3 is 4.57 Å². The first kappa shape index (κ1) is 29.2. The summed E-state index contributed by atoms with van der Waals surface area (Å²) in [7, 11) is 0. The van der Waals surface area contributed by atoms with Crippen molar-refractivity contribution < 1.29 is 0 Å². The average molecular weight is 652 g/mol. The molecule has 3 nitrogen and oxygen atoms in total. The number of fused-ring (bicyclic) bond motifs is 6. The first-order chi connectivity index (χ1) is 25.2. The highest BCUT2D eigenvalue weighted by atomic mass is 15.1. The van der Waals surface area contributed by atoms with Crippen LogP contribution in [-0.2, 0) is 0 Å². The van der Waals surface area contributed by atoms with Gasteiger partial charge in [-0.25, -0.2) is 4.98 Å². The van der Waals surface area contributed by atoms with E-state index in [0.29, 0.717) is 0 Å². The smallest absolute Gasteiger partial charge is 0.138 e. The second-order valence-electron chi connectivity index (χ2n) is 13.3. The lowest BCUT2D eigenvalue weighted by atomic mass is 10.0. The van der Waals surface area contributed by atoms with Gasteiger partial charge in [-0.05, 0) is 89.8 Å². The highest BCUT2D eigenvalue weighted by Gasteiger charge is 2.18. The van der Waals surface area contributed by atoms with Crippen LogP contribution in [0, 0.1) is 6.92 Å². The summed E-state index contributed by atoms with van der Waals surface area (Å²) in [4.78, 5) is 5.31. The molecule has 7 aromatic carbocycles. The van der Waals surface area contributed by atoms with Gasteiger partial charge in [-0.2, -0.15) is 0 Å². The number of benzene rings is 7. The Bertz CT molecular complexity index is 2840. The molecule has 3 heterocycles. The van der Waals surface area contributed by atoms with Crippen molar-refractivity contribution in [3.8, 4) is 45.0 Å². The maximum atomic E-state index is 5.31. The van der Waals surface area contributed by atoms with E-state index in [4.69, 9.17) is 4.98 Å². The largest absolute Gasteiger partial charge is 0.309 e. The topological polar surface area (TPSA) is 22.8 Å². The monoisotopic (exact) mass is 651 g/mol. The minimum atomic E-state index is 0.902. The van der Waals surface area contributed by atoms with Gasteiger partial charge in [-0.3, -0.25) is 4.57 Å². The summed E-state index contributed by atoms with van der Waals surface area (Å²) in [6, 6.07) is 65.5. The number of para-hydroxylation sites is 2. The van der Waals surface area contributed by atoms with E-state index in [1.54, 1.807) is 0 Å². The van der Waals surface area contributed by atoms with Gasteiger partial charge in [-0.1, -0.05) is 127 Å². The number of hydrogen-bond donors (Lipinski definition) is 0. The van der Waals surface area contributed by atoms with Crippen molar-refractivity contribution >= 4 is 43.6 Å². The molecule has 0 spiro atoms. The molecule has 0 N–H and O–H groups in total. The van der Waals surface area contributed by atoms with Crippen molar-refractivity contribution in [1.29, 1.82) is 0 Å². The van der Waals surface area contributed by atoms with Gasteiger partial charge >= 0.3 is 0 Å². The molecule has 0 saturated heterocycles. The molecule has 0 aliphatic heterocycles. The molecule has 0 aliphatic rings. The van der Waals surface area contributed by atoms with Gasteiger partial charge in [0, 0.05) is 32.8 Å². The van der Waals surface area contributed by atoms with E-state index < -0.39 is 0 Å². The maximum Gasteiger partial charge on any atom is 0.138 e. The Morgan fingerprint density at radius 1 is 0.353 bits per heavy atom. The summed E-state index contributed by atoms with van der Waals surface area (Å²) in [5.74, 6) is 0.902. The summed E-state index contributed by atoms with van der Waals surface area (Å²) >= 11 is 0. The Kier molecular flexibility index (Phi) is 6.71. The Hall–Kier alpha value is -6.71. The number of pyridine rings is 1. The summed E-state index contributed by atoms with van der Waals surface area (Å²) in [5, 5.41) is 4.92. The third kappa shape index (κ3) is 4.86. The Morgan fingerprint density at radius 3 is 1.49 bits per heavy atom. The van der Waals surface area contributed by atoms with Gasteiger partial charge in [0.15, 0.2) is 0 Å². The van der Waals surface area contributed by atoms with E-state index in [0.717, 1.165) is 33.7 Å². The zero-order chi connectivity index (χ0) is 33.9. The van der Waals surface area contributed by atoms with E-state index in [2.05, 4.69) is 198 Å². The lowest BCUT2D eigenvalue weighted by Crippen LogP contribution is -2.00. The fourth-order valence-corrected chi connectivity index (χ4v) is 7.71. The molecule has 3 aromatic heterocycles. The van der Waals surface area contributed by atoms with Crippen LogP contribution < -0.4 is 0 Å². The summed E-state index contributed by atoms with van der Waals surface area (Å²) in [5.41, 5.74) is 13.9. The summed E-state index contributed by atoms with van der Waals surface area (Å²) in [6.45, 7) is 2.14. The highest BCUT2D eigenvalue weighted by molar-refractivity contribution is 6.12. The minimum absolute atomic E-state index is 0.902. The van der Waals surface area contributed by atoms with Crippen LogP contribution in [0.2, 0.25) is 0 Å². The fraction of sp³-hybridized carbons (Fsp3) is 0.0208. The molecule has 0 amide bonds. The van der Waals surface area contributed by atoms with Crippen LogP contribution in [0.25, 0.3) is 88.6 Å². The highest BCUT2D eigenvalue weighted by Crippen LogP contribution is 2.39. The maximum absolute atomic E-state index is 5.31. The van der Waals surface area contributed by atoms with E-state index >= 15 is 0 Å². The van der Waals surface area contributed by atoms with Crippen LogP contribution >= 0.6 is 0 Å². The van der Waals surface area contributed by atoms with E-state index in [9.17, 15) is 0 Å². The summed E-state index contributed by atoms with van der Waals surface area (Å²) in [6.07, 6.45) is 0. The first-order valence-corrected chi connectivity index (χ1v) is 17.5. The molecule has 0 radical (unpaired) electrons. The molecule has 10 rings (SSSR count). The average Bonchev–Trinajstić information content (AvgIpc) is 3.71. The standard InChI is InChI=1S/C48H33N3/c1-32-20-24-38(25-21-32)50-44-18-10-8-16-39(44)41-28-35(22-26-46(41)50)36-23-27-47-42(29-36)40-17-9-11-19-45(40)51(47)48-31-37(33-12-4-2-5-13-33)30-43(49-48)34-14-6-3-7-15-34/h2-31H,1H3. The first-order valence-electron chi connectivity index (χ1n) is 17.5. The van der Waals surface area contributed by atoms with Crippen molar-refractivity contribution in [2.75, 3.05) is 0 Å². The van der Waals surface area contributed by atoms with E-state index in [1.807, 2.05) is 0 Å². The van der Waals surface area contributed by atoms with Crippen LogP contribution in [0.4, 0.5) is 0 Å². The third-order valence-corrected chi connectivity index (χ3v) is 10.2. The lowest BCUT2D eigenvalue weighted by molar-refractivity contribution is 1.08. The Labute approximate surface area is 296 Å². The molecule has 0 bridgehead atoms. The molecule has 0 atom stereocenters.